The monoisotopic (exact) mass is 111 g/mol. The lowest BCUT2D eigenvalue weighted by Crippen LogP contribution is -2.12. The molecule has 0 amide bonds. The van der Waals surface area contributed by atoms with E-state index in [1.165, 1.54) is 18.5 Å². The minimum Gasteiger partial charge on any atom is -0.386 e. The Balaban J connectivity index is 2.16. The molecule has 0 spiro atoms. The fourth-order valence-corrected chi connectivity index (χ4v) is 0.633. The first-order valence-corrected chi connectivity index (χ1v) is 3.22. The van der Waals surface area contributed by atoms with E-state index in [1.54, 1.807) is 0 Å². The number of rotatable bonds is 2. The standard InChI is InChI=1S/C7H13N/c1-3-6(2)8-7-4-5-7/h3,7-8H,4-5H2,1-2H3. The first-order chi connectivity index (χ1) is 3.83. The van der Waals surface area contributed by atoms with Crippen molar-refractivity contribution < 1.29 is 0 Å². The van der Waals surface area contributed by atoms with Gasteiger partial charge in [-0.15, -0.1) is 0 Å². The Labute approximate surface area is 50.8 Å². The Kier molecular flexibility index (Phi) is 1.56. The summed E-state index contributed by atoms with van der Waals surface area (Å²) in [5.74, 6) is 0. The molecule has 1 heteroatoms. The smallest absolute Gasteiger partial charge is 0.0259 e. The molecule has 0 aromatic carbocycles. The van der Waals surface area contributed by atoms with Gasteiger partial charge < -0.3 is 5.32 Å². The van der Waals surface area contributed by atoms with Crippen LogP contribution in [0, 0.1) is 0 Å². The lowest BCUT2D eigenvalue weighted by atomic mass is 10.4. The normalized spacial score (nSPS) is 21.0. The molecule has 0 aliphatic heterocycles. The fourth-order valence-electron chi connectivity index (χ4n) is 0.633. The third-order valence-corrected chi connectivity index (χ3v) is 1.44. The summed E-state index contributed by atoms with van der Waals surface area (Å²) in [6.45, 7) is 4.17. The molecule has 1 N–H and O–H groups in total. The molecule has 1 rings (SSSR count). The third kappa shape index (κ3) is 1.57. The molecule has 0 atom stereocenters. The van der Waals surface area contributed by atoms with Crippen LogP contribution < -0.4 is 5.32 Å². The quantitative estimate of drug-likeness (QED) is 0.571. The van der Waals surface area contributed by atoms with Gasteiger partial charge in [0.1, 0.15) is 0 Å². The van der Waals surface area contributed by atoms with Crippen molar-refractivity contribution in [3.05, 3.63) is 11.8 Å². The van der Waals surface area contributed by atoms with Gasteiger partial charge in [0.25, 0.3) is 0 Å². The Morgan fingerprint density at radius 2 is 2.25 bits per heavy atom. The first-order valence-electron chi connectivity index (χ1n) is 3.22. The molecule has 1 saturated carbocycles. The maximum atomic E-state index is 3.36. The zero-order valence-corrected chi connectivity index (χ0v) is 5.57. The summed E-state index contributed by atoms with van der Waals surface area (Å²) in [6.07, 6.45) is 4.84. The SMILES string of the molecule is CC=C(C)NC1CC1. The van der Waals surface area contributed by atoms with Crippen molar-refractivity contribution >= 4 is 0 Å². The summed E-state index contributed by atoms with van der Waals surface area (Å²) in [5.41, 5.74) is 1.31. The minimum atomic E-state index is 0.811. The number of nitrogens with one attached hydrogen (secondary N) is 1. The zero-order valence-electron chi connectivity index (χ0n) is 5.57. The zero-order chi connectivity index (χ0) is 5.98. The molecule has 0 bridgehead atoms. The van der Waals surface area contributed by atoms with Crippen LogP contribution in [0.4, 0.5) is 0 Å². The van der Waals surface area contributed by atoms with Gasteiger partial charge in [-0.05, 0) is 26.7 Å². The molecular formula is C7H13N. The molecule has 0 heterocycles. The second-order valence-electron chi connectivity index (χ2n) is 2.39. The van der Waals surface area contributed by atoms with Gasteiger partial charge in [-0.25, -0.2) is 0 Å². The second-order valence-corrected chi connectivity index (χ2v) is 2.39. The van der Waals surface area contributed by atoms with Crippen LogP contribution in [0.5, 0.6) is 0 Å². The van der Waals surface area contributed by atoms with Crippen molar-refractivity contribution in [3.8, 4) is 0 Å². The average Bonchev–Trinajstić information content (AvgIpc) is 2.50. The first kappa shape index (κ1) is 5.67. The molecule has 1 aliphatic carbocycles. The van der Waals surface area contributed by atoms with Crippen molar-refractivity contribution in [3.63, 3.8) is 0 Å². The van der Waals surface area contributed by atoms with E-state index in [2.05, 4.69) is 25.2 Å². The summed E-state index contributed by atoms with van der Waals surface area (Å²) in [7, 11) is 0. The van der Waals surface area contributed by atoms with E-state index in [-0.39, 0.29) is 0 Å². The van der Waals surface area contributed by atoms with Gasteiger partial charge in [-0.2, -0.15) is 0 Å². The summed E-state index contributed by atoms with van der Waals surface area (Å²) in [4.78, 5) is 0. The van der Waals surface area contributed by atoms with Crippen LogP contribution in [-0.2, 0) is 0 Å². The van der Waals surface area contributed by atoms with Crippen LogP contribution in [0.3, 0.4) is 0 Å². The predicted molar refractivity (Wildman–Crippen MR) is 35.6 cm³/mol. The van der Waals surface area contributed by atoms with Crippen LogP contribution in [0.2, 0.25) is 0 Å². The third-order valence-electron chi connectivity index (χ3n) is 1.44. The highest BCUT2D eigenvalue weighted by molar-refractivity contribution is 4.98. The predicted octanol–water partition coefficient (Wildman–Crippen LogP) is 1.66. The molecule has 1 nitrogen and oxygen atoms in total. The molecule has 0 radical (unpaired) electrons. The maximum absolute atomic E-state index is 3.36. The fraction of sp³-hybridized carbons (Fsp3) is 0.714. The van der Waals surface area contributed by atoms with E-state index in [9.17, 15) is 0 Å². The minimum absolute atomic E-state index is 0.811. The van der Waals surface area contributed by atoms with Crippen LogP contribution in [-0.4, -0.2) is 6.04 Å². The van der Waals surface area contributed by atoms with Gasteiger partial charge >= 0.3 is 0 Å². The van der Waals surface area contributed by atoms with Gasteiger partial charge in [-0.1, -0.05) is 6.08 Å². The van der Waals surface area contributed by atoms with Crippen molar-refractivity contribution in [2.24, 2.45) is 0 Å². The lowest BCUT2D eigenvalue weighted by Gasteiger charge is -2.00. The highest BCUT2D eigenvalue weighted by Gasteiger charge is 2.19. The van der Waals surface area contributed by atoms with Gasteiger partial charge in [0.2, 0.25) is 0 Å². The van der Waals surface area contributed by atoms with Crippen LogP contribution >= 0.6 is 0 Å². The van der Waals surface area contributed by atoms with Crippen molar-refractivity contribution in [1.82, 2.24) is 5.32 Å². The summed E-state index contributed by atoms with van der Waals surface area (Å²) < 4.78 is 0. The van der Waals surface area contributed by atoms with E-state index in [4.69, 9.17) is 0 Å². The number of allylic oxidation sites excluding steroid dienone is 2. The van der Waals surface area contributed by atoms with Crippen LogP contribution in [0.25, 0.3) is 0 Å². The highest BCUT2D eigenvalue weighted by Crippen LogP contribution is 2.19. The Morgan fingerprint density at radius 3 is 2.62 bits per heavy atom. The number of hydrogen-bond acceptors (Lipinski definition) is 1. The average molecular weight is 111 g/mol. The molecule has 0 aromatic rings. The van der Waals surface area contributed by atoms with Crippen molar-refractivity contribution in [2.75, 3.05) is 0 Å². The summed E-state index contributed by atoms with van der Waals surface area (Å²) in [5, 5.41) is 3.36. The highest BCUT2D eigenvalue weighted by atomic mass is 15.0. The number of hydrogen-bond donors (Lipinski definition) is 1. The molecule has 0 aromatic heterocycles. The van der Waals surface area contributed by atoms with E-state index in [0.717, 1.165) is 6.04 Å². The van der Waals surface area contributed by atoms with Gasteiger partial charge in [0.15, 0.2) is 0 Å². The molecule has 0 unspecified atom stereocenters. The molecule has 1 fully saturated rings. The Bertz CT molecular complexity index is 101. The second kappa shape index (κ2) is 2.21. The summed E-state index contributed by atoms with van der Waals surface area (Å²) >= 11 is 0. The van der Waals surface area contributed by atoms with Gasteiger partial charge in [-0.3, -0.25) is 0 Å². The van der Waals surface area contributed by atoms with E-state index in [0.29, 0.717) is 0 Å². The van der Waals surface area contributed by atoms with Crippen molar-refractivity contribution in [1.29, 1.82) is 0 Å². The molecule has 8 heavy (non-hydrogen) atoms. The van der Waals surface area contributed by atoms with Crippen LogP contribution in [0.1, 0.15) is 26.7 Å². The van der Waals surface area contributed by atoms with Gasteiger partial charge in [0.05, 0.1) is 0 Å². The van der Waals surface area contributed by atoms with Crippen molar-refractivity contribution in [2.45, 2.75) is 32.7 Å². The van der Waals surface area contributed by atoms with E-state index < -0.39 is 0 Å². The lowest BCUT2D eigenvalue weighted by molar-refractivity contribution is 0.803. The molecular weight excluding hydrogens is 98.1 g/mol. The topological polar surface area (TPSA) is 12.0 Å². The molecule has 0 saturated heterocycles. The Morgan fingerprint density at radius 1 is 1.62 bits per heavy atom. The molecule has 46 valence electrons. The van der Waals surface area contributed by atoms with E-state index in [1.807, 2.05) is 0 Å². The molecule has 1 aliphatic rings. The van der Waals surface area contributed by atoms with Gasteiger partial charge in [0, 0.05) is 11.7 Å². The van der Waals surface area contributed by atoms with E-state index >= 15 is 0 Å². The largest absolute Gasteiger partial charge is 0.386 e. The summed E-state index contributed by atoms with van der Waals surface area (Å²) in [6, 6.07) is 0.811. The van der Waals surface area contributed by atoms with Crippen LogP contribution in [0.15, 0.2) is 11.8 Å². The Hall–Kier alpha value is -0.460. The maximum Gasteiger partial charge on any atom is 0.0259 e.